The van der Waals surface area contributed by atoms with E-state index in [0.29, 0.717) is 0 Å². The first-order chi connectivity index (χ1) is 17.6. The van der Waals surface area contributed by atoms with Crippen LogP contribution in [0.4, 0.5) is 11.4 Å². The van der Waals surface area contributed by atoms with Crippen molar-refractivity contribution in [3.8, 4) is 22.6 Å². The number of hydrogen-bond acceptors (Lipinski definition) is 4. The SMILES string of the molecule is Cc1cc(C2(c3cc(C)c(N)c(C)c3)c3cc(O)ccc3-c3cc4ccc(O)cc4cc32)cc(C)c1N. The molecule has 0 saturated heterocycles. The van der Waals surface area contributed by atoms with Crippen molar-refractivity contribution < 1.29 is 10.2 Å². The number of phenols is 2. The van der Waals surface area contributed by atoms with Crippen LogP contribution in [0, 0.1) is 27.7 Å². The molecule has 4 nitrogen and oxygen atoms in total. The van der Waals surface area contributed by atoms with Gasteiger partial charge in [0.2, 0.25) is 0 Å². The molecule has 0 saturated carbocycles. The summed E-state index contributed by atoms with van der Waals surface area (Å²) in [6.07, 6.45) is 0. The molecule has 6 N–H and O–H groups in total. The van der Waals surface area contributed by atoms with E-state index in [4.69, 9.17) is 11.5 Å². The molecule has 0 radical (unpaired) electrons. The van der Waals surface area contributed by atoms with Crippen LogP contribution in [0.25, 0.3) is 21.9 Å². The number of nitrogen functional groups attached to an aromatic ring is 2. The van der Waals surface area contributed by atoms with Gasteiger partial charge in [-0.25, -0.2) is 0 Å². The molecular formula is C33H30N2O2. The number of hydrogen-bond donors (Lipinski definition) is 4. The predicted octanol–water partition coefficient (Wildman–Crippen LogP) is 7.01. The minimum Gasteiger partial charge on any atom is -0.508 e. The fraction of sp³-hybridized carbons (Fsp3) is 0.152. The van der Waals surface area contributed by atoms with E-state index in [9.17, 15) is 10.2 Å². The highest BCUT2D eigenvalue weighted by Crippen LogP contribution is 2.58. The van der Waals surface area contributed by atoms with Gasteiger partial charge in [-0.2, -0.15) is 0 Å². The van der Waals surface area contributed by atoms with Gasteiger partial charge in [0.05, 0.1) is 5.41 Å². The number of benzene rings is 5. The number of aromatic hydroxyl groups is 2. The number of anilines is 2. The fourth-order valence-corrected chi connectivity index (χ4v) is 6.21. The maximum absolute atomic E-state index is 10.8. The Morgan fingerprint density at radius 3 is 1.57 bits per heavy atom. The summed E-state index contributed by atoms with van der Waals surface area (Å²) in [5, 5.41) is 23.1. The monoisotopic (exact) mass is 486 g/mol. The molecule has 4 heteroatoms. The summed E-state index contributed by atoms with van der Waals surface area (Å²) in [7, 11) is 0. The van der Waals surface area contributed by atoms with Gasteiger partial charge in [0, 0.05) is 11.4 Å². The summed E-state index contributed by atoms with van der Waals surface area (Å²) in [4.78, 5) is 0. The third-order valence-electron chi connectivity index (χ3n) is 8.11. The lowest BCUT2D eigenvalue weighted by Gasteiger charge is -2.35. The smallest absolute Gasteiger partial charge is 0.116 e. The van der Waals surface area contributed by atoms with Gasteiger partial charge in [0.15, 0.2) is 0 Å². The fourth-order valence-electron chi connectivity index (χ4n) is 6.21. The highest BCUT2D eigenvalue weighted by atomic mass is 16.3. The second-order valence-electron chi connectivity index (χ2n) is 10.5. The molecule has 0 heterocycles. The average molecular weight is 487 g/mol. The first kappa shape index (κ1) is 23.0. The van der Waals surface area contributed by atoms with Gasteiger partial charge in [-0.15, -0.1) is 0 Å². The molecule has 1 aliphatic rings. The van der Waals surface area contributed by atoms with Crippen molar-refractivity contribution in [2.75, 3.05) is 11.5 Å². The van der Waals surface area contributed by atoms with E-state index in [1.807, 2.05) is 45.9 Å². The molecule has 0 aromatic heterocycles. The van der Waals surface area contributed by atoms with E-state index in [-0.39, 0.29) is 11.5 Å². The van der Waals surface area contributed by atoms with Crippen molar-refractivity contribution in [2.24, 2.45) is 0 Å². The van der Waals surface area contributed by atoms with E-state index in [2.05, 4.69) is 36.4 Å². The van der Waals surface area contributed by atoms with Gasteiger partial charge < -0.3 is 21.7 Å². The van der Waals surface area contributed by atoms with E-state index in [1.165, 1.54) is 0 Å². The third kappa shape index (κ3) is 3.15. The Balaban J connectivity index is 1.86. The van der Waals surface area contributed by atoms with Gasteiger partial charge in [-0.05, 0) is 131 Å². The maximum atomic E-state index is 10.8. The molecule has 1 aliphatic carbocycles. The van der Waals surface area contributed by atoms with E-state index < -0.39 is 5.41 Å². The van der Waals surface area contributed by atoms with Crippen molar-refractivity contribution >= 4 is 22.1 Å². The minimum absolute atomic E-state index is 0.214. The molecule has 0 amide bonds. The van der Waals surface area contributed by atoms with E-state index in [1.54, 1.807) is 18.2 Å². The number of phenolic OH excluding ortho intramolecular Hbond substituents is 2. The van der Waals surface area contributed by atoms with Crippen LogP contribution in [0.1, 0.15) is 44.5 Å². The topological polar surface area (TPSA) is 92.5 Å². The molecule has 184 valence electrons. The zero-order valence-corrected chi connectivity index (χ0v) is 21.5. The van der Waals surface area contributed by atoms with Crippen molar-refractivity contribution in [1.82, 2.24) is 0 Å². The van der Waals surface area contributed by atoms with Gasteiger partial charge in [0.25, 0.3) is 0 Å². The van der Waals surface area contributed by atoms with Crippen LogP contribution in [0.5, 0.6) is 11.5 Å². The summed E-state index contributed by atoms with van der Waals surface area (Å²) in [6, 6.07) is 24.1. The molecule has 0 bridgehead atoms. The highest BCUT2D eigenvalue weighted by Gasteiger charge is 2.47. The van der Waals surface area contributed by atoms with Crippen LogP contribution in [0.15, 0.2) is 72.8 Å². The molecule has 0 atom stereocenters. The molecule has 37 heavy (non-hydrogen) atoms. The van der Waals surface area contributed by atoms with Crippen LogP contribution in [0.3, 0.4) is 0 Å². The Morgan fingerprint density at radius 2 is 1.00 bits per heavy atom. The summed E-state index contributed by atoms with van der Waals surface area (Å²) >= 11 is 0. The van der Waals surface area contributed by atoms with Crippen LogP contribution in [-0.2, 0) is 5.41 Å². The average Bonchev–Trinajstić information content (AvgIpc) is 3.13. The summed E-state index contributed by atoms with van der Waals surface area (Å²) in [6.45, 7) is 8.15. The van der Waals surface area contributed by atoms with Crippen LogP contribution < -0.4 is 11.5 Å². The molecule has 6 rings (SSSR count). The quantitative estimate of drug-likeness (QED) is 0.198. The standard InChI is InChI=1S/C33H30N2O2/c1-17-9-23(10-18(2)31(17)34)33(24-11-19(3)32(35)20(4)12-24)29-15-22-13-25(36)6-5-21(22)14-28(29)27-8-7-26(37)16-30(27)33/h5-16,36-37H,34-35H2,1-4H3. The minimum atomic E-state index is -0.727. The van der Waals surface area contributed by atoms with Gasteiger partial charge in [0.1, 0.15) is 11.5 Å². The third-order valence-corrected chi connectivity index (χ3v) is 8.11. The summed E-state index contributed by atoms with van der Waals surface area (Å²) < 4.78 is 0. The second-order valence-corrected chi connectivity index (χ2v) is 10.5. The van der Waals surface area contributed by atoms with Crippen molar-refractivity contribution in [1.29, 1.82) is 0 Å². The normalized spacial score (nSPS) is 13.5. The van der Waals surface area contributed by atoms with Gasteiger partial charge in [-0.3, -0.25) is 0 Å². The molecular weight excluding hydrogens is 456 g/mol. The van der Waals surface area contributed by atoms with Crippen molar-refractivity contribution in [2.45, 2.75) is 33.1 Å². The number of nitrogens with two attached hydrogens (primary N) is 2. The molecule has 5 aromatic rings. The second kappa shape index (κ2) is 7.78. The summed E-state index contributed by atoms with van der Waals surface area (Å²) in [5.74, 6) is 0.440. The molecule has 0 spiro atoms. The Labute approximate surface area is 216 Å². The Bertz CT molecular complexity index is 1660. The Morgan fingerprint density at radius 1 is 0.514 bits per heavy atom. The van der Waals surface area contributed by atoms with Crippen LogP contribution in [-0.4, -0.2) is 10.2 Å². The van der Waals surface area contributed by atoms with Crippen LogP contribution >= 0.6 is 0 Å². The number of aryl methyl sites for hydroxylation is 4. The molecule has 0 aliphatic heterocycles. The van der Waals surface area contributed by atoms with E-state index in [0.717, 1.165) is 77.8 Å². The van der Waals surface area contributed by atoms with Crippen molar-refractivity contribution in [3.05, 3.63) is 117 Å². The molecule has 0 unspecified atom stereocenters. The first-order valence-electron chi connectivity index (χ1n) is 12.5. The molecule has 5 aromatic carbocycles. The lowest BCUT2D eigenvalue weighted by atomic mass is 9.66. The van der Waals surface area contributed by atoms with Crippen LogP contribution in [0.2, 0.25) is 0 Å². The van der Waals surface area contributed by atoms with E-state index >= 15 is 0 Å². The van der Waals surface area contributed by atoms with Crippen molar-refractivity contribution in [3.63, 3.8) is 0 Å². The summed E-state index contributed by atoms with van der Waals surface area (Å²) in [5.41, 5.74) is 24.1. The maximum Gasteiger partial charge on any atom is 0.116 e. The zero-order valence-electron chi connectivity index (χ0n) is 21.5. The lowest BCUT2D eigenvalue weighted by Crippen LogP contribution is -2.29. The lowest BCUT2D eigenvalue weighted by molar-refractivity contribution is 0.474. The zero-order chi connectivity index (χ0) is 26.2. The van der Waals surface area contributed by atoms with Gasteiger partial charge in [-0.1, -0.05) is 36.4 Å². The molecule has 0 fully saturated rings. The number of rotatable bonds is 2. The predicted molar refractivity (Wildman–Crippen MR) is 152 cm³/mol. The Kier molecular flexibility index (Phi) is 4.83. The Hall–Kier alpha value is -4.44. The van der Waals surface area contributed by atoms with Gasteiger partial charge >= 0.3 is 0 Å². The first-order valence-corrected chi connectivity index (χ1v) is 12.5. The largest absolute Gasteiger partial charge is 0.508 e. The number of fused-ring (bicyclic) bond motifs is 4. The highest BCUT2D eigenvalue weighted by molar-refractivity contribution is 5.96.